The number of aliphatic imine (C=N–C) groups is 1. The molecule has 0 bridgehead atoms. The predicted molar refractivity (Wildman–Crippen MR) is 37.5 cm³/mol. The van der Waals surface area contributed by atoms with E-state index in [0.717, 1.165) is 0 Å². The van der Waals surface area contributed by atoms with Gasteiger partial charge in [-0.2, -0.15) is 0 Å². The van der Waals surface area contributed by atoms with Crippen molar-refractivity contribution in [2.24, 2.45) is 16.5 Å². The van der Waals surface area contributed by atoms with Crippen LogP contribution in [0.4, 0.5) is 0 Å². The van der Waals surface area contributed by atoms with Crippen LogP contribution in [0.5, 0.6) is 0 Å². The van der Waals surface area contributed by atoms with E-state index < -0.39 is 31.2 Å². The van der Waals surface area contributed by atoms with Crippen molar-refractivity contribution >= 4 is 11.9 Å². The van der Waals surface area contributed by atoms with Crippen LogP contribution >= 0.6 is 0 Å². The van der Waals surface area contributed by atoms with Gasteiger partial charge in [-0.1, -0.05) is 0 Å². The molecule has 0 aromatic heterocycles. The molecule has 0 aliphatic heterocycles. The molecule has 0 spiro atoms. The van der Waals surface area contributed by atoms with Crippen LogP contribution in [-0.4, -0.2) is 23.5 Å². The average molecular weight is 151 g/mol. The van der Waals surface area contributed by atoms with E-state index in [1.165, 1.54) is 0 Å². The van der Waals surface area contributed by atoms with Crippen LogP contribution in [0.25, 0.3) is 0 Å². The van der Waals surface area contributed by atoms with E-state index in [2.05, 4.69) is 4.99 Å². The molecular formula is C5H11N3O2. The predicted octanol–water partition coefficient (Wildman–Crippen LogP) is -0.875. The topological polar surface area (TPSA) is 102 Å². The van der Waals surface area contributed by atoms with Crippen LogP contribution in [0.1, 0.15) is 21.0 Å². The summed E-state index contributed by atoms with van der Waals surface area (Å²) >= 11 is 0. The normalized spacial score (nSPS) is 22.0. The van der Waals surface area contributed by atoms with Gasteiger partial charge >= 0.3 is 5.97 Å². The Morgan fingerprint density at radius 2 is 2.30 bits per heavy atom. The van der Waals surface area contributed by atoms with Crippen LogP contribution in [0.2, 0.25) is 0 Å². The smallest absolute Gasteiger partial charge is 0.303 e. The van der Waals surface area contributed by atoms with E-state index >= 15 is 0 Å². The molecule has 0 aromatic carbocycles. The van der Waals surface area contributed by atoms with Crippen molar-refractivity contribution in [1.82, 2.24) is 0 Å². The molecule has 0 aliphatic rings. The molecule has 0 unspecified atom stereocenters. The second-order valence-corrected chi connectivity index (χ2v) is 1.20. The van der Waals surface area contributed by atoms with Crippen molar-refractivity contribution in [2.45, 2.75) is 12.7 Å². The molecule has 0 saturated carbocycles. The first-order valence-corrected chi connectivity index (χ1v) is 2.20. The lowest BCUT2D eigenvalue weighted by Crippen LogP contribution is -2.23. The first-order chi connectivity index (χ1) is 6.86. The monoisotopic (exact) mass is 151 g/mol. The number of hydrogen-bond donors (Lipinski definition) is 3. The van der Waals surface area contributed by atoms with E-state index in [0.29, 0.717) is 0 Å². The Balaban J connectivity index is 5.52. The summed E-state index contributed by atoms with van der Waals surface area (Å²) in [5, 5.41) is 8.48. The number of rotatable bonds is 4. The number of guanidine groups is 1. The molecule has 10 heavy (non-hydrogen) atoms. The SMILES string of the molecule is [2H]C([2H])(N=C(N)N)C([2H])([2H])C([2H])([2H])C(=O)O. The maximum absolute atomic E-state index is 10.5. The third-order valence-corrected chi connectivity index (χ3v) is 0.410. The summed E-state index contributed by atoms with van der Waals surface area (Å²) in [6, 6.07) is 0. The Bertz CT molecular complexity index is 324. The van der Waals surface area contributed by atoms with Crippen molar-refractivity contribution in [3.05, 3.63) is 0 Å². The molecule has 0 amide bonds. The number of nitrogens with two attached hydrogens (primary N) is 2. The van der Waals surface area contributed by atoms with Crippen molar-refractivity contribution < 1.29 is 18.1 Å². The maximum Gasteiger partial charge on any atom is 0.303 e. The molecule has 0 fully saturated rings. The van der Waals surface area contributed by atoms with E-state index in [9.17, 15) is 4.79 Å². The van der Waals surface area contributed by atoms with Crippen LogP contribution in [0, 0.1) is 0 Å². The molecule has 5 N–H and O–H groups in total. The van der Waals surface area contributed by atoms with Gasteiger partial charge in [0.2, 0.25) is 0 Å². The van der Waals surface area contributed by atoms with Gasteiger partial charge < -0.3 is 16.6 Å². The third kappa shape index (κ3) is 6.74. The van der Waals surface area contributed by atoms with Gasteiger partial charge in [-0.3, -0.25) is 9.79 Å². The second-order valence-electron chi connectivity index (χ2n) is 1.20. The molecule has 5 heteroatoms. The number of hydrogen-bond acceptors (Lipinski definition) is 2. The van der Waals surface area contributed by atoms with Crippen molar-refractivity contribution in [2.75, 3.05) is 6.50 Å². The Morgan fingerprint density at radius 1 is 1.70 bits per heavy atom. The number of carboxylic acid groups (broad SMARTS) is 1. The number of carboxylic acids is 1. The van der Waals surface area contributed by atoms with Crippen molar-refractivity contribution in [3.8, 4) is 0 Å². The minimum Gasteiger partial charge on any atom is -0.481 e. The van der Waals surface area contributed by atoms with Gasteiger partial charge in [-0.15, -0.1) is 0 Å². The molecule has 0 saturated heterocycles. The highest BCUT2D eigenvalue weighted by Crippen LogP contribution is 1.87. The highest BCUT2D eigenvalue weighted by Gasteiger charge is 1.93. The average Bonchev–Trinajstić information content (AvgIpc) is 2.00. The van der Waals surface area contributed by atoms with Gasteiger partial charge in [0.05, 0.1) is 2.74 Å². The highest BCUT2D eigenvalue weighted by molar-refractivity contribution is 5.75. The first kappa shape index (κ1) is 2.77. The number of carbonyl (C=O) groups is 1. The summed E-state index contributed by atoms with van der Waals surface area (Å²) in [6.45, 7) is -3.20. The molecule has 0 aromatic rings. The molecule has 0 radical (unpaired) electrons. The maximum atomic E-state index is 10.5. The van der Waals surface area contributed by atoms with E-state index in [1.54, 1.807) is 0 Å². The zero-order chi connectivity index (χ0) is 13.4. The lowest BCUT2D eigenvalue weighted by molar-refractivity contribution is -0.137. The van der Waals surface area contributed by atoms with Crippen molar-refractivity contribution in [3.63, 3.8) is 0 Å². The summed E-state index contributed by atoms with van der Waals surface area (Å²) < 4.78 is 42.6. The van der Waals surface area contributed by atoms with Crippen LogP contribution in [-0.2, 0) is 4.79 Å². The fourth-order valence-electron chi connectivity index (χ4n) is 0.174. The molecule has 5 nitrogen and oxygen atoms in total. The quantitative estimate of drug-likeness (QED) is 0.359. The fourth-order valence-corrected chi connectivity index (χ4v) is 0.174. The van der Waals surface area contributed by atoms with Gasteiger partial charge in [0, 0.05) is 18.4 Å². The van der Waals surface area contributed by atoms with E-state index in [1.807, 2.05) is 0 Å². The third-order valence-electron chi connectivity index (χ3n) is 0.410. The first-order valence-electron chi connectivity index (χ1n) is 5.20. The number of nitrogens with zero attached hydrogens (tertiary/aromatic N) is 1. The largest absolute Gasteiger partial charge is 0.481 e. The minimum absolute atomic E-state index is 0.810. The van der Waals surface area contributed by atoms with Crippen LogP contribution in [0.15, 0.2) is 4.99 Å². The van der Waals surface area contributed by atoms with Crippen molar-refractivity contribution in [1.29, 1.82) is 0 Å². The zero-order valence-corrected chi connectivity index (χ0v) is 4.96. The zero-order valence-electron chi connectivity index (χ0n) is 11.0. The lowest BCUT2D eigenvalue weighted by Gasteiger charge is -1.91. The summed E-state index contributed by atoms with van der Waals surface area (Å²) in [5.41, 5.74) is 9.69. The second kappa shape index (κ2) is 4.60. The van der Waals surface area contributed by atoms with Gasteiger partial charge in [-0.05, 0) is 6.37 Å². The van der Waals surface area contributed by atoms with Gasteiger partial charge in [-0.25, -0.2) is 0 Å². The minimum atomic E-state index is -3.48. The summed E-state index contributed by atoms with van der Waals surface area (Å²) in [6.07, 6.45) is -6.91. The summed E-state index contributed by atoms with van der Waals surface area (Å²) in [4.78, 5) is 13.4. The highest BCUT2D eigenvalue weighted by atomic mass is 16.4. The molecule has 0 rings (SSSR count). The Morgan fingerprint density at radius 3 is 2.70 bits per heavy atom. The van der Waals surface area contributed by atoms with E-state index in [-0.39, 0.29) is 0 Å². The summed E-state index contributed by atoms with van der Waals surface area (Å²) in [5.74, 6) is -2.96. The fraction of sp³-hybridized carbons (Fsp3) is 0.600. The lowest BCUT2D eigenvalue weighted by atomic mass is 10.3. The van der Waals surface area contributed by atoms with E-state index in [4.69, 9.17) is 24.8 Å². The molecular weight excluding hydrogens is 134 g/mol. The summed E-state index contributed by atoms with van der Waals surface area (Å²) in [7, 11) is 0. The molecule has 0 atom stereocenters. The standard InChI is InChI=1S/C5H11N3O2/c6-5(7)8-3-1-2-4(9)10/h1-3H2,(H,9,10)(H4,6,7,8)/i1D2,2D2,3D2. The van der Waals surface area contributed by atoms with Gasteiger partial charge in [0.25, 0.3) is 0 Å². The number of aliphatic carboxylic acids is 1. The van der Waals surface area contributed by atoms with Crippen LogP contribution < -0.4 is 11.5 Å². The Kier molecular flexibility index (Phi) is 1.28. The van der Waals surface area contributed by atoms with Gasteiger partial charge in [0.15, 0.2) is 5.96 Å². The Labute approximate surface area is 67.2 Å². The van der Waals surface area contributed by atoms with Crippen LogP contribution in [0.3, 0.4) is 0 Å². The molecule has 0 aliphatic carbocycles. The molecule has 58 valence electrons. The molecule has 0 heterocycles. The van der Waals surface area contributed by atoms with Gasteiger partial charge in [0.1, 0.15) is 0 Å². The Hall–Kier alpha value is -1.26.